The minimum absolute atomic E-state index is 0.0717. The summed E-state index contributed by atoms with van der Waals surface area (Å²) in [5.74, 6) is 0. The standard InChI is InChI=1S/C7H18N2O4S/c1-7(10)6-9(2)14(11,12)8-4-5-13-3/h7-8,10H,4-6H2,1-3H3. The molecule has 0 aliphatic rings. The monoisotopic (exact) mass is 226 g/mol. The second-order valence-electron chi connectivity index (χ2n) is 3.02. The van der Waals surface area contributed by atoms with E-state index in [1.54, 1.807) is 0 Å². The van der Waals surface area contributed by atoms with Crippen LogP contribution in [0.2, 0.25) is 0 Å². The lowest BCUT2D eigenvalue weighted by Gasteiger charge is -2.18. The van der Waals surface area contributed by atoms with Crippen LogP contribution in [0.4, 0.5) is 0 Å². The van der Waals surface area contributed by atoms with Crippen molar-refractivity contribution in [2.75, 3.05) is 33.9 Å². The minimum Gasteiger partial charge on any atom is -0.392 e. The maximum atomic E-state index is 11.4. The Morgan fingerprint density at radius 3 is 2.57 bits per heavy atom. The third-order valence-electron chi connectivity index (χ3n) is 1.52. The normalized spacial score (nSPS) is 14.6. The van der Waals surface area contributed by atoms with Crippen molar-refractivity contribution >= 4 is 10.2 Å². The van der Waals surface area contributed by atoms with Gasteiger partial charge in [0.15, 0.2) is 0 Å². The molecule has 0 aromatic rings. The highest BCUT2D eigenvalue weighted by Crippen LogP contribution is 1.95. The van der Waals surface area contributed by atoms with Gasteiger partial charge in [0.2, 0.25) is 0 Å². The van der Waals surface area contributed by atoms with E-state index in [0.29, 0.717) is 6.61 Å². The Morgan fingerprint density at radius 2 is 2.14 bits per heavy atom. The van der Waals surface area contributed by atoms with Crippen molar-refractivity contribution in [1.82, 2.24) is 9.03 Å². The largest absolute Gasteiger partial charge is 0.392 e. The molecule has 0 fully saturated rings. The van der Waals surface area contributed by atoms with Gasteiger partial charge in [0.25, 0.3) is 10.2 Å². The summed E-state index contributed by atoms with van der Waals surface area (Å²) in [4.78, 5) is 0. The molecular weight excluding hydrogens is 208 g/mol. The molecular formula is C7H18N2O4S. The highest BCUT2D eigenvalue weighted by Gasteiger charge is 2.17. The molecule has 1 atom stereocenters. The van der Waals surface area contributed by atoms with Crippen LogP contribution in [0.15, 0.2) is 0 Å². The van der Waals surface area contributed by atoms with Crippen molar-refractivity contribution in [3.05, 3.63) is 0 Å². The smallest absolute Gasteiger partial charge is 0.279 e. The van der Waals surface area contributed by atoms with E-state index in [1.807, 2.05) is 0 Å². The molecule has 86 valence electrons. The van der Waals surface area contributed by atoms with E-state index in [2.05, 4.69) is 4.72 Å². The van der Waals surface area contributed by atoms with E-state index in [-0.39, 0.29) is 13.1 Å². The summed E-state index contributed by atoms with van der Waals surface area (Å²) in [6.07, 6.45) is -0.681. The lowest BCUT2D eigenvalue weighted by molar-refractivity contribution is 0.170. The SMILES string of the molecule is COCCNS(=O)(=O)N(C)CC(C)O. The molecule has 7 heteroatoms. The molecule has 1 unspecified atom stereocenters. The maximum Gasteiger partial charge on any atom is 0.279 e. The molecule has 0 amide bonds. The number of hydrogen-bond acceptors (Lipinski definition) is 4. The van der Waals surface area contributed by atoms with Gasteiger partial charge in [-0.15, -0.1) is 0 Å². The van der Waals surface area contributed by atoms with Gasteiger partial charge in [-0.25, -0.2) is 0 Å². The van der Waals surface area contributed by atoms with Crippen molar-refractivity contribution in [2.45, 2.75) is 13.0 Å². The van der Waals surface area contributed by atoms with Crippen LogP contribution in [0, 0.1) is 0 Å². The van der Waals surface area contributed by atoms with E-state index < -0.39 is 16.3 Å². The molecule has 14 heavy (non-hydrogen) atoms. The van der Waals surface area contributed by atoms with Gasteiger partial charge in [0, 0.05) is 27.2 Å². The summed E-state index contributed by atoms with van der Waals surface area (Å²) in [5, 5.41) is 9.00. The molecule has 0 aliphatic carbocycles. The van der Waals surface area contributed by atoms with Crippen molar-refractivity contribution in [1.29, 1.82) is 0 Å². The zero-order chi connectivity index (χ0) is 11.2. The van der Waals surface area contributed by atoms with Crippen LogP contribution in [0.3, 0.4) is 0 Å². The first kappa shape index (κ1) is 13.8. The number of methoxy groups -OCH3 is 1. The molecule has 2 N–H and O–H groups in total. The number of nitrogens with zero attached hydrogens (tertiary/aromatic N) is 1. The molecule has 0 aliphatic heterocycles. The number of likely N-dealkylation sites (N-methyl/N-ethyl adjacent to an activating group) is 1. The van der Waals surface area contributed by atoms with Gasteiger partial charge in [-0.2, -0.15) is 17.4 Å². The van der Waals surface area contributed by atoms with Gasteiger partial charge in [-0.1, -0.05) is 0 Å². The highest BCUT2D eigenvalue weighted by molar-refractivity contribution is 7.87. The molecule has 0 aromatic heterocycles. The molecule has 0 saturated carbocycles. The third-order valence-corrected chi connectivity index (χ3v) is 3.06. The number of aliphatic hydroxyl groups is 1. The van der Waals surface area contributed by atoms with Gasteiger partial charge in [0.1, 0.15) is 0 Å². The van der Waals surface area contributed by atoms with Gasteiger partial charge in [-0.05, 0) is 6.92 Å². The predicted molar refractivity (Wildman–Crippen MR) is 53.1 cm³/mol. The van der Waals surface area contributed by atoms with Gasteiger partial charge < -0.3 is 9.84 Å². The Bertz CT molecular complexity index is 240. The zero-order valence-electron chi connectivity index (χ0n) is 8.73. The molecule has 0 rings (SSSR count). The first-order valence-electron chi connectivity index (χ1n) is 4.28. The number of rotatable bonds is 7. The maximum absolute atomic E-state index is 11.4. The van der Waals surface area contributed by atoms with Crippen LogP contribution in [0.25, 0.3) is 0 Å². The van der Waals surface area contributed by atoms with E-state index in [9.17, 15) is 8.42 Å². The molecule has 0 spiro atoms. The summed E-state index contributed by atoms with van der Waals surface area (Å²) >= 11 is 0. The summed E-state index contributed by atoms with van der Waals surface area (Å²) in [5.41, 5.74) is 0. The van der Waals surface area contributed by atoms with E-state index in [0.717, 1.165) is 4.31 Å². The van der Waals surface area contributed by atoms with Crippen LogP contribution in [-0.4, -0.2) is 57.8 Å². The Kier molecular flexibility index (Phi) is 6.21. The fourth-order valence-corrected chi connectivity index (χ4v) is 1.83. The van der Waals surface area contributed by atoms with Crippen molar-refractivity contribution < 1.29 is 18.3 Å². The van der Waals surface area contributed by atoms with Crippen LogP contribution in [0.1, 0.15) is 6.92 Å². The fraction of sp³-hybridized carbons (Fsp3) is 1.00. The van der Waals surface area contributed by atoms with Gasteiger partial charge in [-0.3, -0.25) is 0 Å². The number of aliphatic hydroxyl groups excluding tert-OH is 1. The van der Waals surface area contributed by atoms with Crippen LogP contribution in [-0.2, 0) is 14.9 Å². The van der Waals surface area contributed by atoms with Crippen molar-refractivity contribution in [3.63, 3.8) is 0 Å². The minimum atomic E-state index is -3.48. The average molecular weight is 226 g/mol. The third kappa shape index (κ3) is 5.51. The lowest BCUT2D eigenvalue weighted by atomic mass is 10.4. The molecule has 0 bridgehead atoms. The zero-order valence-corrected chi connectivity index (χ0v) is 9.54. The topological polar surface area (TPSA) is 78.9 Å². The van der Waals surface area contributed by atoms with Gasteiger partial charge in [0.05, 0.1) is 12.7 Å². The molecule has 0 saturated heterocycles. The van der Waals surface area contributed by atoms with Crippen LogP contribution in [0.5, 0.6) is 0 Å². The van der Waals surface area contributed by atoms with E-state index in [4.69, 9.17) is 9.84 Å². The second-order valence-corrected chi connectivity index (χ2v) is 4.88. The molecule has 0 radical (unpaired) electrons. The summed E-state index contributed by atoms with van der Waals surface area (Å²) < 4.78 is 30.9. The summed E-state index contributed by atoms with van der Waals surface area (Å²) in [6, 6.07) is 0. The quantitative estimate of drug-likeness (QED) is 0.533. The lowest BCUT2D eigenvalue weighted by Crippen LogP contribution is -2.42. The van der Waals surface area contributed by atoms with E-state index in [1.165, 1.54) is 21.1 Å². The second kappa shape index (κ2) is 6.31. The van der Waals surface area contributed by atoms with Crippen LogP contribution >= 0.6 is 0 Å². The number of ether oxygens (including phenoxy) is 1. The van der Waals surface area contributed by atoms with Crippen LogP contribution < -0.4 is 4.72 Å². The Labute approximate surface area is 85.0 Å². The fourth-order valence-electron chi connectivity index (χ4n) is 0.853. The van der Waals surface area contributed by atoms with E-state index >= 15 is 0 Å². The first-order valence-corrected chi connectivity index (χ1v) is 5.72. The average Bonchev–Trinajstić information content (AvgIpc) is 2.03. The molecule has 0 aromatic carbocycles. The molecule has 6 nitrogen and oxygen atoms in total. The molecule has 0 heterocycles. The van der Waals surface area contributed by atoms with Gasteiger partial charge >= 0.3 is 0 Å². The van der Waals surface area contributed by atoms with Crippen molar-refractivity contribution in [3.8, 4) is 0 Å². The summed E-state index contributed by atoms with van der Waals surface area (Å²) in [6.45, 7) is 2.15. The van der Waals surface area contributed by atoms with Crippen molar-refractivity contribution in [2.24, 2.45) is 0 Å². The Balaban J connectivity index is 4.04. The number of hydrogen-bond donors (Lipinski definition) is 2. The number of nitrogens with one attached hydrogen (secondary N) is 1. The Hall–Kier alpha value is -0.210. The predicted octanol–water partition coefficient (Wildman–Crippen LogP) is -1.22. The summed E-state index contributed by atoms with van der Waals surface area (Å²) in [7, 11) is -0.586. The first-order chi connectivity index (χ1) is 6.40. The highest BCUT2D eigenvalue weighted by atomic mass is 32.2. The Morgan fingerprint density at radius 1 is 1.57 bits per heavy atom.